The van der Waals surface area contributed by atoms with E-state index in [1.54, 1.807) is 0 Å². The first-order valence-electron chi connectivity index (χ1n) is 29.8. The van der Waals surface area contributed by atoms with Crippen LogP contribution in [0.25, 0.3) is 0 Å². The molecule has 2 unspecified atom stereocenters. The molecule has 0 saturated carbocycles. The quantitative estimate of drug-likeness (QED) is 0.0211. The van der Waals surface area contributed by atoms with Gasteiger partial charge in [0.15, 0.2) is 6.10 Å². The summed E-state index contributed by atoms with van der Waals surface area (Å²) < 4.78 is 22.9. The number of likely N-dealkylation sites (N-methyl/N-ethyl adjacent to an activating group) is 1. The second-order valence-corrected chi connectivity index (χ2v) is 21.3. The van der Waals surface area contributed by atoms with E-state index in [2.05, 4.69) is 62.5 Å². The number of carbonyl (C=O) groups is 3. The Morgan fingerprint density at radius 1 is 0.437 bits per heavy atom. The molecule has 0 rings (SSSR count). The van der Waals surface area contributed by atoms with Gasteiger partial charge in [0.25, 0.3) is 6.29 Å². The largest absolute Gasteiger partial charge is 0.477 e. The lowest BCUT2D eigenvalue weighted by atomic mass is 10.0. The molecular formula is C62H114NO8+. The Morgan fingerprint density at radius 2 is 0.803 bits per heavy atom. The molecule has 0 amide bonds. The SMILES string of the molecule is CC/C=C\C/C=C\C/C=C\C/C=C\CCCCCCCCC(=O)OC(COC(=O)CCCCCCCCCCCCCCCCCCCCCCCCCCCCC)COC(OCC[N+](C)(C)C)C(=O)O. The minimum atomic E-state index is -1.51. The third-order valence-electron chi connectivity index (χ3n) is 13.1. The highest BCUT2D eigenvalue weighted by Gasteiger charge is 2.25. The van der Waals surface area contributed by atoms with Crippen LogP contribution in [0.1, 0.15) is 271 Å². The van der Waals surface area contributed by atoms with Gasteiger partial charge in [0.1, 0.15) is 13.2 Å². The topological polar surface area (TPSA) is 108 Å². The van der Waals surface area contributed by atoms with Crippen molar-refractivity contribution >= 4 is 17.9 Å². The number of carboxylic acid groups (broad SMARTS) is 1. The Hall–Kier alpha value is -2.75. The Kier molecular flexibility index (Phi) is 51.5. The van der Waals surface area contributed by atoms with Crippen molar-refractivity contribution in [2.75, 3.05) is 47.5 Å². The van der Waals surface area contributed by atoms with Crippen LogP contribution in [-0.4, -0.2) is 87.4 Å². The number of allylic oxidation sites excluding steroid dienone is 8. The smallest absolute Gasteiger partial charge is 0.361 e. The molecule has 0 radical (unpaired) electrons. The fourth-order valence-corrected chi connectivity index (χ4v) is 8.54. The number of hydrogen-bond donors (Lipinski definition) is 1. The van der Waals surface area contributed by atoms with Crippen LogP contribution in [0.4, 0.5) is 0 Å². The van der Waals surface area contributed by atoms with E-state index in [0.717, 1.165) is 83.5 Å². The lowest BCUT2D eigenvalue weighted by molar-refractivity contribution is -0.870. The fraction of sp³-hybridized carbons (Fsp3) is 0.823. The molecule has 9 nitrogen and oxygen atoms in total. The lowest BCUT2D eigenvalue weighted by Crippen LogP contribution is -2.40. The summed E-state index contributed by atoms with van der Waals surface area (Å²) in [5.74, 6) is -2.01. The summed E-state index contributed by atoms with van der Waals surface area (Å²) in [6.45, 7) is 4.78. The standard InChI is InChI=1S/C62H113NO8/c1-6-8-10-12-14-16-18-20-22-24-26-27-28-29-30-31-32-33-35-36-38-40-42-44-46-48-50-52-59(64)69-56-58(57-70-62(61(66)67)68-55-54-63(3,4)5)71-60(65)53-51-49-47-45-43-41-39-37-34-25-23-21-19-17-15-13-11-9-7-2/h9,11,15,17,21,23,34,37,58,62H,6-8,10,12-14,16,18-20,22,24-33,35-36,38-57H2,1-5H3/p+1/b11-9-,17-15-,23-21-,37-34-. The third-order valence-corrected chi connectivity index (χ3v) is 13.1. The summed E-state index contributed by atoms with van der Waals surface area (Å²) >= 11 is 0. The van der Waals surface area contributed by atoms with Gasteiger partial charge in [-0.25, -0.2) is 4.79 Å². The van der Waals surface area contributed by atoms with E-state index >= 15 is 0 Å². The van der Waals surface area contributed by atoms with Crippen LogP contribution < -0.4 is 0 Å². The summed E-state index contributed by atoms with van der Waals surface area (Å²) in [6, 6.07) is 0. The van der Waals surface area contributed by atoms with Gasteiger partial charge in [-0.15, -0.1) is 0 Å². The Bertz CT molecular complexity index is 1300. The van der Waals surface area contributed by atoms with Crippen molar-refractivity contribution in [2.45, 2.75) is 283 Å². The summed E-state index contributed by atoms with van der Waals surface area (Å²) in [4.78, 5) is 37.4. The molecule has 0 aromatic carbocycles. The summed E-state index contributed by atoms with van der Waals surface area (Å²) in [7, 11) is 5.97. The van der Waals surface area contributed by atoms with Crippen molar-refractivity contribution in [1.29, 1.82) is 0 Å². The van der Waals surface area contributed by atoms with E-state index < -0.39 is 24.3 Å². The van der Waals surface area contributed by atoms with Crippen LogP contribution >= 0.6 is 0 Å². The average Bonchev–Trinajstić information content (AvgIpc) is 3.34. The molecule has 0 saturated heterocycles. The summed E-state index contributed by atoms with van der Waals surface area (Å²) in [5, 5.41) is 9.70. The molecule has 0 spiro atoms. The second-order valence-electron chi connectivity index (χ2n) is 21.3. The number of aliphatic carboxylic acids is 1. The van der Waals surface area contributed by atoms with Gasteiger partial charge in [0.2, 0.25) is 0 Å². The van der Waals surface area contributed by atoms with Crippen LogP contribution in [0.3, 0.4) is 0 Å². The zero-order valence-corrected chi connectivity index (χ0v) is 47.1. The predicted molar refractivity (Wildman–Crippen MR) is 300 cm³/mol. The van der Waals surface area contributed by atoms with E-state index in [0.29, 0.717) is 23.9 Å². The van der Waals surface area contributed by atoms with Gasteiger partial charge in [0, 0.05) is 12.8 Å². The van der Waals surface area contributed by atoms with Gasteiger partial charge in [0.05, 0.1) is 34.4 Å². The van der Waals surface area contributed by atoms with Crippen LogP contribution in [0.5, 0.6) is 0 Å². The minimum absolute atomic E-state index is 0.185. The van der Waals surface area contributed by atoms with Gasteiger partial charge in [-0.2, -0.15) is 0 Å². The molecule has 0 fully saturated rings. The van der Waals surface area contributed by atoms with E-state index in [-0.39, 0.29) is 32.2 Å². The fourth-order valence-electron chi connectivity index (χ4n) is 8.54. The predicted octanol–water partition coefficient (Wildman–Crippen LogP) is 17.5. The Labute approximate surface area is 438 Å². The molecule has 0 aliphatic carbocycles. The van der Waals surface area contributed by atoms with Crippen molar-refractivity contribution in [3.8, 4) is 0 Å². The van der Waals surface area contributed by atoms with E-state index in [4.69, 9.17) is 18.9 Å². The van der Waals surface area contributed by atoms with Gasteiger partial charge < -0.3 is 28.5 Å². The number of hydrogen-bond acceptors (Lipinski definition) is 7. The van der Waals surface area contributed by atoms with Crippen molar-refractivity contribution in [1.82, 2.24) is 0 Å². The molecule has 71 heavy (non-hydrogen) atoms. The molecule has 2 atom stereocenters. The average molecular weight is 1000 g/mol. The molecule has 1 N–H and O–H groups in total. The first-order chi connectivity index (χ1) is 34.6. The van der Waals surface area contributed by atoms with Crippen molar-refractivity contribution < 1.29 is 42.9 Å². The number of nitrogens with zero attached hydrogens (tertiary/aromatic N) is 1. The summed E-state index contributed by atoms with van der Waals surface area (Å²) in [5.41, 5.74) is 0. The van der Waals surface area contributed by atoms with E-state index in [1.807, 2.05) is 21.1 Å². The maximum Gasteiger partial charge on any atom is 0.361 e. The number of ether oxygens (including phenoxy) is 4. The molecule has 9 heteroatoms. The van der Waals surface area contributed by atoms with Crippen molar-refractivity contribution in [3.63, 3.8) is 0 Å². The van der Waals surface area contributed by atoms with Crippen LogP contribution in [0.15, 0.2) is 48.6 Å². The number of rotatable bonds is 55. The molecule has 0 aromatic rings. The minimum Gasteiger partial charge on any atom is -0.477 e. The number of carbonyl (C=O) groups excluding carboxylic acids is 2. The van der Waals surface area contributed by atoms with Crippen molar-refractivity contribution in [2.24, 2.45) is 0 Å². The Morgan fingerprint density at radius 3 is 1.20 bits per heavy atom. The number of esters is 2. The first kappa shape index (κ1) is 68.2. The molecule has 414 valence electrons. The van der Waals surface area contributed by atoms with E-state index in [9.17, 15) is 19.5 Å². The highest BCUT2D eigenvalue weighted by molar-refractivity contribution is 5.71. The first-order valence-corrected chi connectivity index (χ1v) is 29.8. The highest BCUT2D eigenvalue weighted by atomic mass is 16.7. The van der Waals surface area contributed by atoms with Crippen LogP contribution in [-0.2, 0) is 33.3 Å². The molecule has 0 aliphatic rings. The molecular weight excluding hydrogens is 887 g/mol. The van der Waals surface area contributed by atoms with Gasteiger partial charge in [-0.05, 0) is 51.4 Å². The molecule has 0 aromatic heterocycles. The lowest BCUT2D eigenvalue weighted by Gasteiger charge is -2.25. The Balaban J connectivity index is 4.18. The molecule has 0 heterocycles. The number of carboxylic acids is 1. The van der Waals surface area contributed by atoms with E-state index in [1.165, 1.54) is 154 Å². The maximum absolute atomic E-state index is 12.9. The number of quaternary nitrogens is 1. The maximum atomic E-state index is 12.9. The van der Waals surface area contributed by atoms with Crippen LogP contribution in [0, 0.1) is 0 Å². The van der Waals surface area contributed by atoms with Gasteiger partial charge in [-0.1, -0.05) is 255 Å². The molecule has 0 bridgehead atoms. The normalized spacial score (nSPS) is 13.1. The van der Waals surface area contributed by atoms with Crippen LogP contribution in [0.2, 0.25) is 0 Å². The summed E-state index contributed by atoms with van der Waals surface area (Å²) in [6.07, 6.45) is 63.4. The van der Waals surface area contributed by atoms with Gasteiger partial charge in [-0.3, -0.25) is 9.59 Å². The number of unbranched alkanes of at least 4 members (excludes halogenated alkanes) is 32. The second kappa shape index (κ2) is 53.5. The zero-order chi connectivity index (χ0) is 52.0. The third kappa shape index (κ3) is 54.9. The monoisotopic (exact) mass is 1000 g/mol. The van der Waals surface area contributed by atoms with Crippen molar-refractivity contribution in [3.05, 3.63) is 48.6 Å². The van der Waals surface area contributed by atoms with Gasteiger partial charge >= 0.3 is 17.9 Å². The zero-order valence-electron chi connectivity index (χ0n) is 47.1. The molecule has 0 aliphatic heterocycles. The highest BCUT2D eigenvalue weighted by Crippen LogP contribution is 2.17.